The van der Waals surface area contributed by atoms with Gasteiger partial charge in [0.1, 0.15) is 0 Å². The average Bonchev–Trinajstić information content (AvgIpc) is 2.53. The van der Waals surface area contributed by atoms with Crippen LogP contribution in [0.5, 0.6) is 0 Å². The summed E-state index contributed by atoms with van der Waals surface area (Å²) in [6, 6.07) is 0. The van der Waals surface area contributed by atoms with Gasteiger partial charge in [0, 0.05) is 24.5 Å². The number of hydrogen-bond donors (Lipinski definition) is 2. The first-order chi connectivity index (χ1) is 10.2. The number of nitrogens with zero attached hydrogens (tertiary/aromatic N) is 1. The molecular weight excluding hydrogens is 282 g/mol. The number of guanidine groups is 1. The molecule has 1 saturated heterocycles. The van der Waals surface area contributed by atoms with Crippen molar-refractivity contribution >= 4 is 17.7 Å². The maximum absolute atomic E-state index is 5.97. The maximum atomic E-state index is 5.97. The molecule has 4 nitrogen and oxygen atoms in total. The summed E-state index contributed by atoms with van der Waals surface area (Å²) in [6.07, 6.45) is 12.1. The number of hydrogen-bond acceptors (Lipinski definition) is 3. The Labute approximate surface area is 134 Å². The van der Waals surface area contributed by atoms with Gasteiger partial charge in [0.2, 0.25) is 0 Å². The van der Waals surface area contributed by atoms with Gasteiger partial charge in [0.25, 0.3) is 0 Å². The van der Waals surface area contributed by atoms with Crippen molar-refractivity contribution < 1.29 is 4.74 Å². The Morgan fingerprint density at radius 2 is 1.86 bits per heavy atom. The molecule has 21 heavy (non-hydrogen) atoms. The number of thioether (sulfide) groups is 1. The molecular formula is C16H33N3OS. The molecule has 1 fully saturated rings. The van der Waals surface area contributed by atoms with Gasteiger partial charge >= 0.3 is 0 Å². The third-order valence-electron chi connectivity index (χ3n) is 4.21. The van der Waals surface area contributed by atoms with Crippen LogP contribution in [0.25, 0.3) is 0 Å². The zero-order chi connectivity index (χ0) is 15.4. The molecule has 1 rings (SSSR count). The SMILES string of the molecule is CCCCCCCCNC(N)=NCC1(SC)CCOCC1. The van der Waals surface area contributed by atoms with Crippen molar-refractivity contribution in [3.63, 3.8) is 0 Å². The van der Waals surface area contributed by atoms with Crippen molar-refractivity contribution in [3.8, 4) is 0 Å². The highest BCUT2D eigenvalue weighted by Gasteiger charge is 2.31. The Morgan fingerprint density at radius 3 is 2.52 bits per heavy atom. The van der Waals surface area contributed by atoms with E-state index in [4.69, 9.17) is 10.5 Å². The molecule has 0 bridgehead atoms. The molecule has 3 N–H and O–H groups in total. The minimum atomic E-state index is 0.227. The van der Waals surface area contributed by atoms with E-state index in [2.05, 4.69) is 23.5 Å². The van der Waals surface area contributed by atoms with Gasteiger partial charge in [-0.25, -0.2) is 0 Å². The lowest BCUT2D eigenvalue weighted by molar-refractivity contribution is 0.0794. The molecule has 5 heteroatoms. The van der Waals surface area contributed by atoms with Gasteiger partial charge in [0.15, 0.2) is 5.96 Å². The first-order valence-electron chi connectivity index (χ1n) is 8.39. The van der Waals surface area contributed by atoms with Crippen molar-refractivity contribution in [1.82, 2.24) is 5.32 Å². The molecule has 0 amide bonds. The summed E-state index contributed by atoms with van der Waals surface area (Å²) in [6.45, 7) is 5.69. The number of nitrogens with two attached hydrogens (primary N) is 1. The molecule has 0 radical (unpaired) electrons. The quantitative estimate of drug-likeness (QED) is 0.369. The third-order valence-corrected chi connectivity index (χ3v) is 5.61. The van der Waals surface area contributed by atoms with Gasteiger partial charge in [0.05, 0.1) is 6.54 Å². The molecule has 0 aromatic heterocycles. The normalized spacial score (nSPS) is 18.7. The summed E-state index contributed by atoms with van der Waals surface area (Å²) in [4.78, 5) is 4.54. The van der Waals surface area contributed by atoms with E-state index in [0.29, 0.717) is 5.96 Å². The van der Waals surface area contributed by atoms with E-state index in [1.54, 1.807) is 0 Å². The van der Waals surface area contributed by atoms with Crippen LogP contribution in [-0.2, 0) is 4.74 Å². The topological polar surface area (TPSA) is 59.6 Å². The van der Waals surface area contributed by atoms with Crippen LogP contribution >= 0.6 is 11.8 Å². The predicted molar refractivity (Wildman–Crippen MR) is 94.2 cm³/mol. The van der Waals surface area contributed by atoms with Gasteiger partial charge < -0.3 is 15.8 Å². The standard InChI is InChI=1S/C16H33N3OS/c1-3-4-5-6-7-8-11-18-15(17)19-14-16(21-2)9-12-20-13-10-16/h3-14H2,1-2H3,(H3,17,18,19). The fourth-order valence-electron chi connectivity index (χ4n) is 2.58. The monoisotopic (exact) mass is 315 g/mol. The van der Waals surface area contributed by atoms with Crippen molar-refractivity contribution in [3.05, 3.63) is 0 Å². The molecule has 0 aliphatic carbocycles. The summed E-state index contributed by atoms with van der Waals surface area (Å²) >= 11 is 1.90. The predicted octanol–water partition coefficient (Wildman–Crippen LogP) is 3.16. The first kappa shape index (κ1) is 18.6. The Morgan fingerprint density at radius 1 is 1.19 bits per heavy atom. The first-order valence-corrected chi connectivity index (χ1v) is 9.61. The summed E-state index contributed by atoms with van der Waals surface area (Å²) in [7, 11) is 0. The van der Waals surface area contributed by atoms with Crippen molar-refractivity contribution in [2.24, 2.45) is 10.7 Å². The maximum Gasteiger partial charge on any atom is 0.188 e. The Kier molecular flexibility index (Phi) is 9.92. The summed E-state index contributed by atoms with van der Waals surface area (Å²) in [5.74, 6) is 0.600. The zero-order valence-corrected chi connectivity index (χ0v) is 14.6. The third kappa shape index (κ3) is 7.96. The number of nitrogens with one attached hydrogen (secondary N) is 1. The van der Waals surface area contributed by atoms with E-state index in [0.717, 1.165) is 39.1 Å². The van der Waals surface area contributed by atoms with Crippen LogP contribution < -0.4 is 11.1 Å². The van der Waals surface area contributed by atoms with E-state index in [1.807, 2.05) is 11.8 Å². The average molecular weight is 316 g/mol. The fourth-order valence-corrected chi connectivity index (χ4v) is 3.35. The second-order valence-electron chi connectivity index (χ2n) is 5.90. The number of unbranched alkanes of at least 4 members (excludes halogenated alkanes) is 5. The molecule has 0 saturated carbocycles. The van der Waals surface area contributed by atoms with Gasteiger partial charge in [-0.3, -0.25) is 4.99 Å². The fraction of sp³-hybridized carbons (Fsp3) is 0.938. The molecule has 1 aliphatic rings. The van der Waals surface area contributed by atoms with Crippen molar-refractivity contribution in [2.75, 3.05) is 32.6 Å². The zero-order valence-electron chi connectivity index (χ0n) is 13.8. The van der Waals surface area contributed by atoms with Crippen molar-refractivity contribution in [2.45, 2.75) is 63.0 Å². The van der Waals surface area contributed by atoms with E-state index < -0.39 is 0 Å². The lowest BCUT2D eigenvalue weighted by Gasteiger charge is -2.34. The molecule has 1 aliphatic heterocycles. The number of rotatable bonds is 10. The highest BCUT2D eigenvalue weighted by atomic mass is 32.2. The summed E-state index contributed by atoms with van der Waals surface area (Å²) in [5.41, 5.74) is 5.97. The minimum Gasteiger partial charge on any atom is -0.381 e. The van der Waals surface area contributed by atoms with Crippen LogP contribution in [0.15, 0.2) is 4.99 Å². The highest BCUT2D eigenvalue weighted by molar-refractivity contribution is 8.00. The molecule has 0 atom stereocenters. The second-order valence-corrected chi connectivity index (χ2v) is 7.17. The van der Waals surface area contributed by atoms with Crippen LogP contribution in [0.2, 0.25) is 0 Å². The smallest absolute Gasteiger partial charge is 0.188 e. The van der Waals surface area contributed by atoms with Gasteiger partial charge in [-0.15, -0.1) is 0 Å². The van der Waals surface area contributed by atoms with Crippen LogP contribution in [0.1, 0.15) is 58.3 Å². The molecule has 0 aromatic carbocycles. The molecule has 0 spiro atoms. The molecule has 1 heterocycles. The van der Waals surface area contributed by atoms with Gasteiger partial charge in [-0.2, -0.15) is 11.8 Å². The molecule has 0 unspecified atom stereocenters. The minimum absolute atomic E-state index is 0.227. The molecule has 124 valence electrons. The lowest BCUT2D eigenvalue weighted by Crippen LogP contribution is -2.39. The van der Waals surface area contributed by atoms with E-state index >= 15 is 0 Å². The number of aliphatic imine (C=N–C) groups is 1. The van der Waals surface area contributed by atoms with Gasteiger partial charge in [-0.1, -0.05) is 39.0 Å². The van der Waals surface area contributed by atoms with E-state index in [-0.39, 0.29) is 4.75 Å². The van der Waals surface area contributed by atoms with E-state index in [1.165, 1.54) is 38.5 Å². The van der Waals surface area contributed by atoms with Crippen LogP contribution in [0.4, 0.5) is 0 Å². The van der Waals surface area contributed by atoms with E-state index in [9.17, 15) is 0 Å². The largest absolute Gasteiger partial charge is 0.381 e. The van der Waals surface area contributed by atoms with Crippen LogP contribution in [-0.4, -0.2) is 43.3 Å². The number of ether oxygens (including phenoxy) is 1. The van der Waals surface area contributed by atoms with Crippen molar-refractivity contribution in [1.29, 1.82) is 0 Å². The van der Waals surface area contributed by atoms with Crippen LogP contribution in [0, 0.1) is 0 Å². The molecule has 0 aromatic rings. The Balaban J connectivity index is 2.14. The lowest BCUT2D eigenvalue weighted by atomic mass is 9.99. The summed E-state index contributed by atoms with van der Waals surface area (Å²) in [5, 5.41) is 3.24. The Bertz CT molecular complexity index is 291. The summed E-state index contributed by atoms with van der Waals surface area (Å²) < 4.78 is 5.67. The second kappa shape index (κ2) is 11.2. The van der Waals surface area contributed by atoms with Crippen LogP contribution in [0.3, 0.4) is 0 Å². The Hall–Kier alpha value is -0.420. The highest BCUT2D eigenvalue weighted by Crippen LogP contribution is 2.33. The van der Waals surface area contributed by atoms with Gasteiger partial charge in [-0.05, 0) is 25.5 Å².